The van der Waals surface area contributed by atoms with Gasteiger partial charge in [0.1, 0.15) is 12.4 Å². The van der Waals surface area contributed by atoms with Gasteiger partial charge in [0.05, 0.1) is 10.5 Å². The van der Waals surface area contributed by atoms with Crippen molar-refractivity contribution in [3.8, 4) is 5.75 Å². The highest BCUT2D eigenvalue weighted by molar-refractivity contribution is 6.36. The Morgan fingerprint density at radius 3 is 2.57 bits per heavy atom. The first kappa shape index (κ1) is 13.9. The quantitative estimate of drug-likeness (QED) is 0.672. The summed E-state index contributed by atoms with van der Waals surface area (Å²) >= 11 is 6.42. The molecular formula is C18H16ClNO. The molecule has 0 N–H and O–H groups in total. The molecule has 106 valence electrons. The largest absolute Gasteiger partial charge is 0.489 e. The van der Waals surface area contributed by atoms with Gasteiger partial charge in [-0.15, -0.1) is 0 Å². The summed E-state index contributed by atoms with van der Waals surface area (Å²) in [5, 5.41) is 1.69. The molecule has 0 radical (unpaired) electrons. The summed E-state index contributed by atoms with van der Waals surface area (Å²) in [6.45, 7) is 4.50. The van der Waals surface area contributed by atoms with Crippen LogP contribution in [0.15, 0.2) is 48.5 Å². The van der Waals surface area contributed by atoms with Gasteiger partial charge in [-0.3, -0.25) is 4.98 Å². The van der Waals surface area contributed by atoms with Crippen molar-refractivity contribution in [2.45, 2.75) is 20.5 Å². The van der Waals surface area contributed by atoms with Gasteiger partial charge in [0.15, 0.2) is 0 Å². The summed E-state index contributed by atoms with van der Waals surface area (Å²) in [7, 11) is 0. The lowest BCUT2D eigenvalue weighted by atomic mass is 10.1. The van der Waals surface area contributed by atoms with Crippen molar-refractivity contribution in [3.63, 3.8) is 0 Å². The van der Waals surface area contributed by atoms with Crippen molar-refractivity contribution in [2.24, 2.45) is 0 Å². The van der Waals surface area contributed by atoms with Gasteiger partial charge in [-0.1, -0.05) is 41.9 Å². The molecule has 0 aliphatic carbocycles. The third-order valence-corrected chi connectivity index (χ3v) is 4.10. The van der Waals surface area contributed by atoms with E-state index in [1.807, 2.05) is 62.4 Å². The molecule has 1 heterocycles. The molecule has 0 atom stereocenters. The summed E-state index contributed by atoms with van der Waals surface area (Å²) in [4.78, 5) is 4.56. The van der Waals surface area contributed by atoms with Crippen molar-refractivity contribution < 1.29 is 4.74 Å². The Kier molecular flexibility index (Phi) is 3.80. The minimum absolute atomic E-state index is 0.544. The molecule has 1 aromatic heterocycles. The van der Waals surface area contributed by atoms with Crippen LogP contribution >= 0.6 is 11.6 Å². The number of pyridine rings is 1. The van der Waals surface area contributed by atoms with E-state index in [9.17, 15) is 0 Å². The van der Waals surface area contributed by atoms with Crippen LogP contribution in [0.2, 0.25) is 5.02 Å². The van der Waals surface area contributed by atoms with Crippen molar-refractivity contribution in [3.05, 3.63) is 70.4 Å². The molecule has 2 nitrogen and oxygen atoms in total. The fraction of sp³-hybridized carbons (Fsp3) is 0.167. The zero-order valence-electron chi connectivity index (χ0n) is 12.1. The van der Waals surface area contributed by atoms with Crippen LogP contribution in [0.25, 0.3) is 10.9 Å². The van der Waals surface area contributed by atoms with Gasteiger partial charge in [-0.2, -0.15) is 0 Å². The maximum Gasteiger partial charge on any atom is 0.120 e. The van der Waals surface area contributed by atoms with E-state index >= 15 is 0 Å². The predicted molar refractivity (Wildman–Crippen MR) is 87.0 cm³/mol. The van der Waals surface area contributed by atoms with E-state index in [-0.39, 0.29) is 0 Å². The number of halogens is 1. The Labute approximate surface area is 129 Å². The van der Waals surface area contributed by atoms with Crippen LogP contribution in [0, 0.1) is 13.8 Å². The number of hydrogen-bond acceptors (Lipinski definition) is 2. The molecule has 0 aliphatic rings. The third-order valence-electron chi connectivity index (χ3n) is 3.61. The van der Waals surface area contributed by atoms with Gasteiger partial charge in [0.25, 0.3) is 0 Å². The van der Waals surface area contributed by atoms with E-state index in [1.165, 1.54) is 0 Å². The molecule has 21 heavy (non-hydrogen) atoms. The van der Waals surface area contributed by atoms with E-state index in [0.717, 1.165) is 38.5 Å². The molecule has 2 aromatic carbocycles. The number of aryl methyl sites for hydroxylation is 1. The third kappa shape index (κ3) is 2.86. The SMILES string of the molecule is Cc1nc2ccc(OCc3ccccc3)cc2c(Cl)c1C. The number of hydrogen-bond donors (Lipinski definition) is 0. The van der Waals surface area contributed by atoms with E-state index in [2.05, 4.69) is 4.98 Å². The second kappa shape index (κ2) is 5.74. The lowest BCUT2D eigenvalue weighted by molar-refractivity contribution is 0.306. The van der Waals surface area contributed by atoms with Crippen LogP contribution in [0.3, 0.4) is 0 Å². The van der Waals surface area contributed by atoms with Crippen molar-refractivity contribution in [1.29, 1.82) is 0 Å². The highest BCUT2D eigenvalue weighted by Crippen LogP contribution is 2.30. The van der Waals surface area contributed by atoms with Crippen LogP contribution in [0.4, 0.5) is 0 Å². The summed E-state index contributed by atoms with van der Waals surface area (Å²) in [5.74, 6) is 0.804. The van der Waals surface area contributed by atoms with E-state index < -0.39 is 0 Å². The predicted octanol–water partition coefficient (Wildman–Crippen LogP) is 5.08. The molecule has 0 fully saturated rings. The summed E-state index contributed by atoms with van der Waals surface area (Å²) in [6.07, 6.45) is 0. The zero-order valence-corrected chi connectivity index (χ0v) is 12.8. The molecule has 0 saturated heterocycles. The zero-order chi connectivity index (χ0) is 14.8. The topological polar surface area (TPSA) is 22.1 Å². The molecular weight excluding hydrogens is 282 g/mol. The first-order chi connectivity index (χ1) is 10.1. The standard InChI is InChI=1S/C18H16ClNO/c1-12-13(2)20-17-9-8-15(10-16(17)18(12)19)21-11-14-6-4-3-5-7-14/h3-10H,11H2,1-2H3. The van der Waals surface area contributed by atoms with E-state index in [1.54, 1.807) is 0 Å². The average molecular weight is 298 g/mol. The second-order valence-corrected chi connectivity index (χ2v) is 5.47. The number of nitrogens with zero attached hydrogens (tertiary/aromatic N) is 1. The molecule has 3 rings (SSSR count). The molecule has 0 unspecified atom stereocenters. The smallest absolute Gasteiger partial charge is 0.120 e. The van der Waals surface area contributed by atoms with Crippen molar-refractivity contribution in [1.82, 2.24) is 4.98 Å². The minimum Gasteiger partial charge on any atom is -0.489 e. The van der Waals surface area contributed by atoms with Crippen molar-refractivity contribution in [2.75, 3.05) is 0 Å². The maximum absolute atomic E-state index is 6.42. The van der Waals surface area contributed by atoms with Crippen LogP contribution in [-0.4, -0.2) is 4.98 Å². The van der Waals surface area contributed by atoms with Crippen LogP contribution in [0.5, 0.6) is 5.75 Å². The van der Waals surface area contributed by atoms with Crippen LogP contribution < -0.4 is 4.74 Å². The Bertz CT molecular complexity index is 784. The van der Waals surface area contributed by atoms with E-state index in [0.29, 0.717) is 6.61 Å². The normalized spacial score (nSPS) is 10.8. The van der Waals surface area contributed by atoms with Gasteiger partial charge in [-0.05, 0) is 43.2 Å². The Morgan fingerprint density at radius 2 is 1.81 bits per heavy atom. The maximum atomic E-state index is 6.42. The molecule has 0 saturated carbocycles. The van der Waals surface area contributed by atoms with Crippen LogP contribution in [0.1, 0.15) is 16.8 Å². The number of benzene rings is 2. The summed E-state index contributed by atoms with van der Waals surface area (Å²) in [5.41, 5.74) is 4.02. The summed E-state index contributed by atoms with van der Waals surface area (Å²) in [6, 6.07) is 15.9. The lowest BCUT2D eigenvalue weighted by Gasteiger charge is -2.10. The highest BCUT2D eigenvalue weighted by atomic mass is 35.5. The minimum atomic E-state index is 0.544. The Balaban J connectivity index is 1.90. The molecule has 3 heteroatoms. The van der Waals surface area contributed by atoms with Gasteiger partial charge < -0.3 is 4.74 Å². The number of rotatable bonds is 3. The van der Waals surface area contributed by atoms with Gasteiger partial charge >= 0.3 is 0 Å². The van der Waals surface area contributed by atoms with E-state index in [4.69, 9.17) is 16.3 Å². The second-order valence-electron chi connectivity index (χ2n) is 5.09. The monoisotopic (exact) mass is 297 g/mol. The summed E-state index contributed by atoms with van der Waals surface area (Å²) < 4.78 is 5.84. The fourth-order valence-corrected chi connectivity index (χ4v) is 2.53. The number of ether oxygens (including phenoxy) is 1. The lowest BCUT2D eigenvalue weighted by Crippen LogP contribution is -1.96. The average Bonchev–Trinajstić information content (AvgIpc) is 2.52. The number of aromatic nitrogens is 1. The molecule has 0 spiro atoms. The van der Waals surface area contributed by atoms with Gasteiger partial charge in [-0.25, -0.2) is 0 Å². The molecule has 0 aliphatic heterocycles. The number of fused-ring (bicyclic) bond motifs is 1. The molecule has 0 amide bonds. The fourth-order valence-electron chi connectivity index (χ4n) is 2.24. The van der Waals surface area contributed by atoms with Crippen LogP contribution in [-0.2, 0) is 6.61 Å². The Morgan fingerprint density at radius 1 is 1.05 bits per heavy atom. The first-order valence-corrected chi connectivity index (χ1v) is 7.26. The first-order valence-electron chi connectivity index (χ1n) is 6.88. The van der Waals surface area contributed by atoms with Gasteiger partial charge in [0.2, 0.25) is 0 Å². The highest BCUT2D eigenvalue weighted by Gasteiger charge is 2.08. The molecule has 0 bridgehead atoms. The van der Waals surface area contributed by atoms with Gasteiger partial charge in [0, 0.05) is 11.1 Å². The van der Waals surface area contributed by atoms with Crippen molar-refractivity contribution >= 4 is 22.5 Å². The molecule has 3 aromatic rings. The Hall–Kier alpha value is -2.06.